The smallest absolute Gasteiger partial charge is 0.302 e. The first kappa shape index (κ1) is 18.2. The number of nitrogens with one attached hydrogen (secondary N) is 1. The number of hydrogen-bond acceptors (Lipinski definition) is 4. The topological polar surface area (TPSA) is 90.2 Å². The second-order valence-electron chi connectivity index (χ2n) is 5.95. The lowest BCUT2D eigenvalue weighted by Crippen LogP contribution is -2.41. The summed E-state index contributed by atoms with van der Waals surface area (Å²) in [5.74, 6) is 0. The Morgan fingerprint density at radius 2 is 1.58 bits per heavy atom. The van der Waals surface area contributed by atoms with Crippen LogP contribution in [-0.4, -0.2) is 17.6 Å². The number of aromatic nitrogens is 2. The summed E-state index contributed by atoms with van der Waals surface area (Å²) in [6, 6.07) is 3.95. The number of nitrogens with zero attached hydrogens (tertiary/aromatic N) is 2. The van der Waals surface area contributed by atoms with Crippen molar-refractivity contribution < 1.29 is 8.42 Å². The Labute approximate surface area is 140 Å². The molecule has 0 aliphatic carbocycles. The summed E-state index contributed by atoms with van der Waals surface area (Å²) < 4.78 is 29.3. The van der Waals surface area contributed by atoms with Crippen LogP contribution in [0.15, 0.2) is 32.8 Å². The molecule has 0 fully saturated rings. The van der Waals surface area contributed by atoms with Crippen molar-refractivity contribution in [1.29, 1.82) is 0 Å². The molecule has 7 nitrogen and oxygen atoms in total. The summed E-state index contributed by atoms with van der Waals surface area (Å²) in [5, 5.41) is 0. The van der Waals surface area contributed by atoms with Gasteiger partial charge in [0.1, 0.15) is 0 Å². The Kier molecular flexibility index (Phi) is 4.82. The Hall–Kier alpha value is -2.19. The van der Waals surface area contributed by atoms with Crippen molar-refractivity contribution in [3.8, 4) is 0 Å². The third kappa shape index (κ3) is 3.34. The van der Waals surface area contributed by atoms with Gasteiger partial charge in [-0.3, -0.25) is 9.36 Å². The van der Waals surface area contributed by atoms with Gasteiger partial charge in [-0.25, -0.2) is 17.9 Å². The lowest BCUT2D eigenvalue weighted by Gasteiger charge is -2.13. The molecule has 8 heteroatoms. The van der Waals surface area contributed by atoms with E-state index in [4.69, 9.17) is 0 Å². The molecule has 1 aromatic carbocycles. The minimum absolute atomic E-state index is 0.0757. The predicted octanol–water partition coefficient (Wildman–Crippen LogP) is 0.488. The van der Waals surface area contributed by atoms with Gasteiger partial charge in [-0.15, -0.1) is 0 Å². The number of sulfonamides is 1. The van der Waals surface area contributed by atoms with Crippen molar-refractivity contribution in [2.45, 2.75) is 32.2 Å². The molecule has 130 valence electrons. The van der Waals surface area contributed by atoms with Gasteiger partial charge >= 0.3 is 5.69 Å². The molecule has 0 spiro atoms. The van der Waals surface area contributed by atoms with Gasteiger partial charge in [0.2, 0.25) is 10.0 Å². The summed E-state index contributed by atoms with van der Waals surface area (Å²) in [6.07, 6.45) is 1.04. The Bertz CT molecular complexity index is 994. The van der Waals surface area contributed by atoms with E-state index >= 15 is 0 Å². The fourth-order valence-corrected chi connectivity index (χ4v) is 3.85. The van der Waals surface area contributed by atoms with Crippen molar-refractivity contribution in [2.24, 2.45) is 14.1 Å². The van der Waals surface area contributed by atoms with Gasteiger partial charge in [0.25, 0.3) is 5.56 Å². The first-order valence-corrected chi connectivity index (χ1v) is 8.86. The maximum Gasteiger partial charge on any atom is 0.330 e. The van der Waals surface area contributed by atoms with Crippen molar-refractivity contribution in [2.75, 3.05) is 0 Å². The van der Waals surface area contributed by atoms with Crippen LogP contribution < -0.4 is 16.0 Å². The molecule has 0 radical (unpaired) electrons. The van der Waals surface area contributed by atoms with Crippen LogP contribution in [0.4, 0.5) is 0 Å². The highest BCUT2D eigenvalue weighted by molar-refractivity contribution is 7.89. The van der Waals surface area contributed by atoms with Crippen LogP contribution in [0.3, 0.4) is 0 Å². The quantitative estimate of drug-likeness (QED) is 0.868. The highest BCUT2D eigenvalue weighted by Gasteiger charge is 2.21. The largest absolute Gasteiger partial charge is 0.330 e. The van der Waals surface area contributed by atoms with E-state index in [0.717, 1.165) is 37.6 Å². The molecule has 0 saturated carbocycles. The molecule has 1 aromatic heterocycles. The molecular formula is C16H21N3O4S. The molecule has 0 atom stereocenters. The van der Waals surface area contributed by atoms with Crippen LogP contribution in [0.1, 0.15) is 22.3 Å². The SMILES string of the molecule is Cc1cc(C)c(CNS(=O)(=O)c2cn(C)c(=O)n(C)c2=O)c(C)c1. The third-order valence-corrected chi connectivity index (χ3v) is 5.37. The first-order chi connectivity index (χ1) is 11.0. The fraction of sp³-hybridized carbons (Fsp3) is 0.375. The van der Waals surface area contributed by atoms with E-state index in [9.17, 15) is 18.0 Å². The molecule has 0 aliphatic heterocycles. The molecule has 2 aromatic rings. The van der Waals surface area contributed by atoms with Gasteiger partial charge in [-0.05, 0) is 37.5 Å². The van der Waals surface area contributed by atoms with Crippen LogP contribution in [-0.2, 0) is 30.7 Å². The standard InChI is InChI=1S/C16H21N3O4S/c1-10-6-11(2)13(12(3)7-10)8-17-24(22,23)14-9-18(4)16(21)19(5)15(14)20/h6-7,9,17H,8H2,1-5H3. The maximum atomic E-state index is 12.5. The lowest BCUT2D eigenvalue weighted by molar-refractivity contribution is 0.570. The first-order valence-electron chi connectivity index (χ1n) is 7.37. The maximum absolute atomic E-state index is 12.5. The molecule has 1 heterocycles. The van der Waals surface area contributed by atoms with Gasteiger partial charge in [-0.1, -0.05) is 17.7 Å². The summed E-state index contributed by atoms with van der Waals surface area (Å²) in [5.41, 5.74) is 2.49. The van der Waals surface area contributed by atoms with Crippen LogP contribution in [0.2, 0.25) is 0 Å². The number of hydrogen-bond donors (Lipinski definition) is 1. The number of rotatable bonds is 4. The van der Waals surface area contributed by atoms with Crippen molar-refractivity contribution in [3.63, 3.8) is 0 Å². The molecule has 0 amide bonds. The second-order valence-corrected chi connectivity index (χ2v) is 7.69. The highest BCUT2D eigenvalue weighted by atomic mass is 32.2. The normalized spacial score (nSPS) is 11.7. The van der Waals surface area contributed by atoms with E-state index in [1.807, 2.05) is 32.9 Å². The molecule has 24 heavy (non-hydrogen) atoms. The van der Waals surface area contributed by atoms with Crippen LogP contribution in [0.25, 0.3) is 0 Å². The van der Waals surface area contributed by atoms with Crippen LogP contribution in [0, 0.1) is 20.8 Å². The minimum Gasteiger partial charge on any atom is -0.302 e. The zero-order valence-electron chi connectivity index (χ0n) is 14.4. The van der Waals surface area contributed by atoms with Gasteiger partial charge < -0.3 is 4.57 Å². The van der Waals surface area contributed by atoms with E-state index in [1.54, 1.807) is 0 Å². The van der Waals surface area contributed by atoms with Crippen molar-refractivity contribution >= 4 is 10.0 Å². The molecule has 2 rings (SSSR count). The van der Waals surface area contributed by atoms with Gasteiger partial charge in [0, 0.05) is 26.8 Å². The summed E-state index contributed by atoms with van der Waals surface area (Å²) >= 11 is 0. The van der Waals surface area contributed by atoms with Crippen molar-refractivity contribution in [1.82, 2.24) is 13.9 Å². The van der Waals surface area contributed by atoms with E-state index in [-0.39, 0.29) is 6.54 Å². The molecule has 1 N–H and O–H groups in total. The molecule has 0 saturated heterocycles. The third-order valence-electron chi connectivity index (χ3n) is 3.98. The average molecular weight is 351 g/mol. The lowest BCUT2D eigenvalue weighted by atomic mass is 10.0. The number of benzene rings is 1. The highest BCUT2D eigenvalue weighted by Crippen LogP contribution is 2.16. The average Bonchev–Trinajstić information content (AvgIpc) is 2.47. The Balaban J connectivity index is 2.41. The molecule has 0 unspecified atom stereocenters. The van der Waals surface area contributed by atoms with Crippen molar-refractivity contribution in [3.05, 3.63) is 61.4 Å². The summed E-state index contributed by atoms with van der Waals surface area (Å²) in [6.45, 7) is 5.87. The minimum atomic E-state index is -4.04. The molecular weight excluding hydrogens is 330 g/mol. The van der Waals surface area contributed by atoms with E-state index in [1.165, 1.54) is 14.1 Å². The Morgan fingerprint density at radius 3 is 2.12 bits per heavy atom. The summed E-state index contributed by atoms with van der Waals surface area (Å²) in [4.78, 5) is 23.3. The van der Waals surface area contributed by atoms with E-state index in [0.29, 0.717) is 0 Å². The number of aryl methyl sites for hydroxylation is 4. The predicted molar refractivity (Wildman–Crippen MR) is 91.6 cm³/mol. The Morgan fingerprint density at radius 1 is 1.04 bits per heavy atom. The second kappa shape index (κ2) is 6.37. The summed E-state index contributed by atoms with van der Waals surface area (Å²) in [7, 11) is -1.39. The zero-order valence-corrected chi connectivity index (χ0v) is 15.2. The van der Waals surface area contributed by atoms with Gasteiger partial charge in [0.05, 0.1) is 0 Å². The fourth-order valence-electron chi connectivity index (χ4n) is 2.69. The monoisotopic (exact) mass is 351 g/mol. The zero-order chi connectivity index (χ0) is 18.2. The molecule has 0 bridgehead atoms. The van der Waals surface area contributed by atoms with Gasteiger partial charge in [0.15, 0.2) is 4.90 Å². The van der Waals surface area contributed by atoms with E-state index in [2.05, 4.69) is 4.72 Å². The van der Waals surface area contributed by atoms with Crippen LogP contribution in [0.5, 0.6) is 0 Å². The van der Waals surface area contributed by atoms with Crippen LogP contribution >= 0.6 is 0 Å². The van der Waals surface area contributed by atoms with E-state index < -0.39 is 26.2 Å². The van der Waals surface area contributed by atoms with Gasteiger partial charge in [-0.2, -0.15) is 0 Å². The molecule has 0 aliphatic rings.